The third-order valence-corrected chi connectivity index (χ3v) is 4.58. The summed E-state index contributed by atoms with van der Waals surface area (Å²) < 4.78 is 45.1. The molecule has 2 aliphatic rings. The Morgan fingerprint density at radius 3 is 2.86 bits per heavy atom. The molecule has 22 heavy (non-hydrogen) atoms. The van der Waals surface area contributed by atoms with Crippen LogP contribution in [0.2, 0.25) is 0 Å². The Kier molecular flexibility index (Phi) is 4.28. The van der Waals surface area contributed by atoms with Gasteiger partial charge in [-0.2, -0.15) is 13.2 Å². The summed E-state index contributed by atoms with van der Waals surface area (Å²) in [5.41, 5.74) is 0.0789. The van der Waals surface area contributed by atoms with Gasteiger partial charge in [-0.15, -0.1) is 0 Å². The summed E-state index contributed by atoms with van der Waals surface area (Å²) >= 11 is 0. The lowest BCUT2D eigenvalue weighted by Gasteiger charge is -2.23. The highest BCUT2D eigenvalue weighted by Gasteiger charge is 2.35. The molecule has 0 amide bonds. The number of rotatable bonds is 4. The Labute approximate surface area is 128 Å². The Balaban J connectivity index is 1.64. The Morgan fingerprint density at radius 2 is 2.09 bits per heavy atom. The molecule has 1 aliphatic carbocycles. The van der Waals surface area contributed by atoms with Gasteiger partial charge in [-0.05, 0) is 36.3 Å². The van der Waals surface area contributed by atoms with Gasteiger partial charge in [-0.25, -0.2) is 0 Å². The molecule has 1 aromatic carbocycles. The summed E-state index contributed by atoms with van der Waals surface area (Å²) in [7, 11) is 0. The van der Waals surface area contributed by atoms with Gasteiger partial charge in [0.15, 0.2) is 0 Å². The molecule has 2 nitrogen and oxygen atoms in total. The van der Waals surface area contributed by atoms with Crippen LogP contribution in [-0.4, -0.2) is 19.3 Å². The molecule has 1 N–H and O–H groups in total. The standard InChI is InChI=1S/C17H20F3NO/c1-11-3-2-4-13(16(11)17(18,19)20)9-21-8-12-5-6-15-7-14(12)10-22-15/h2-6,12,14-15,21H,7-10H2,1H3/t12-,14+,15-/m0/s1. The van der Waals surface area contributed by atoms with Gasteiger partial charge in [0.1, 0.15) is 0 Å². The van der Waals surface area contributed by atoms with Crippen molar-refractivity contribution in [2.24, 2.45) is 11.8 Å². The molecule has 1 fully saturated rings. The van der Waals surface area contributed by atoms with Crippen molar-refractivity contribution < 1.29 is 17.9 Å². The van der Waals surface area contributed by atoms with E-state index >= 15 is 0 Å². The highest BCUT2D eigenvalue weighted by atomic mass is 19.4. The van der Waals surface area contributed by atoms with Crippen LogP contribution >= 0.6 is 0 Å². The summed E-state index contributed by atoms with van der Waals surface area (Å²) in [6, 6.07) is 4.73. The van der Waals surface area contributed by atoms with Crippen LogP contribution in [0.15, 0.2) is 30.4 Å². The molecule has 1 aliphatic heterocycles. The number of halogens is 3. The molecule has 1 saturated heterocycles. The predicted octanol–water partition coefficient (Wildman–Crippen LogP) is 3.69. The zero-order chi connectivity index (χ0) is 15.7. The molecule has 0 saturated carbocycles. The third kappa shape index (κ3) is 3.20. The maximum atomic E-state index is 13.2. The second-order valence-corrected chi connectivity index (χ2v) is 6.15. The zero-order valence-electron chi connectivity index (χ0n) is 12.5. The molecule has 0 unspecified atom stereocenters. The van der Waals surface area contributed by atoms with Crippen LogP contribution in [0.5, 0.6) is 0 Å². The molecular weight excluding hydrogens is 291 g/mol. The van der Waals surface area contributed by atoms with Crippen molar-refractivity contribution in [1.29, 1.82) is 0 Å². The van der Waals surface area contributed by atoms with E-state index in [1.54, 1.807) is 12.1 Å². The average molecular weight is 311 g/mol. The first kappa shape index (κ1) is 15.6. The van der Waals surface area contributed by atoms with Gasteiger partial charge in [0.25, 0.3) is 0 Å². The van der Waals surface area contributed by atoms with E-state index in [9.17, 15) is 13.2 Å². The largest absolute Gasteiger partial charge is 0.416 e. The Morgan fingerprint density at radius 1 is 1.27 bits per heavy atom. The van der Waals surface area contributed by atoms with Crippen LogP contribution < -0.4 is 5.32 Å². The second-order valence-electron chi connectivity index (χ2n) is 6.15. The number of alkyl halides is 3. The van der Waals surface area contributed by atoms with E-state index < -0.39 is 11.7 Å². The highest BCUT2D eigenvalue weighted by Crippen LogP contribution is 2.35. The molecule has 120 valence electrons. The molecule has 2 bridgehead atoms. The van der Waals surface area contributed by atoms with Gasteiger partial charge in [0.2, 0.25) is 0 Å². The lowest BCUT2D eigenvalue weighted by atomic mass is 9.85. The number of benzene rings is 1. The van der Waals surface area contributed by atoms with Crippen molar-refractivity contribution in [2.45, 2.75) is 32.2 Å². The van der Waals surface area contributed by atoms with Gasteiger partial charge >= 0.3 is 6.18 Å². The Hall–Kier alpha value is -1.33. The van der Waals surface area contributed by atoms with Gasteiger partial charge in [-0.1, -0.05) is 30.4 Å². The minimum atomic E-state index is -4.31. The van der Waals surface area contributed by atoms with E-state index in [4.69, 9.17) is 4.74 Å². The maximum absolute atomic E-state index is 13.2. The lowest BCUT2D eigenvalue weighted by Crippen LogP contribution is -2.29. The minimum absolute atomic E-state index is 0.234. The minimum Gasteiger partial charge on any atom is -0.374 e. The summed E-state index contributed by atoms with van der Waals surface area (Å²) in [4.78, 5) is 0. The van der Waals surface area contributed by atoms with Gasteiger partial charge in [0.05, 0.1) is 18.3 Å². The number of hydrogen-bond donors (Lipinski definition) is 1. The predicted molar refractivity (Wildman–Crippen MR) is 78.4 cm³/mol. The van der Waals surface area contributed by atoms with Crippen LogP contribution in [0, 0.1) is 18.8 Å². The van der Waals surface area contributed by atoms with E-state index in [2.05, 4.69) is 17.5 Å². The van der Waals surface area contributed by atoms with Crippen molar-refractivity contribution in [3.63, 3.8) is 0 Å². The SMILES string of the molecule is Cc1cccc(CNC[C@@H]2C=C[C@H]3C[C@@H]2CO3)c1C(F)(F)F. The Bertz CT molecular complexity index is 568. The fourth-order valence-electron chi connectivity index (χ4n) is 3.43. The van der Waals surface area contributed by atoms with E-state index in [0.717, 1.165) is 13.0 Å². The van der Waals surface area contributed by atoms with E-state index in [1.807, 2.05) is 0 Å². The van der Waals surface area contributed by atoms with Crippen LogP contribution in [0.1, 0.15) is 23.1 Å². The number of nitrogens with one attached hydrogen (secondary N) is 1. The van der Waals surface area contributed by atoms with E-state index in [-0.39, 0.29) is 18.2 Å². The highest BCUT2D eigenvalue weighted by molar-refractivity contribution is 5.36. The maximum Gasteiger partial charge on any atom is 0.416 e. The summed E-state index contributed by atoms with van der Waals surface area (Å²) in [6.07, 6.45) is 1.18. The monoisotopic (exact) mass is 311 g/mol. The van der Waals surface area contributed by atoms with Crippen LogP contribution in [0.3, 0.4) is 0 Å². The van der Waals surface area contributed by atoms with Crippen LogP contribution in [0.25, 0.3) is 0 Å². The zero-order valence-corrected chi connectivity index (χ0v) is 12.5. The molecule has 0 radical (unpaired) electrons. The third-order valence-electron chi connectivity index (χ3n) is 4.58. The van der Waals surface area contributed by atoms with Crippen LogP contribution in [0.4, 0.5) is 13.2 Å². The van der Waals surface area contributed by atoms with E-state index in [1.165, 1.54) is 13.0 Å². The number of fused-ring (bicyclic) bond motifs is 2. The first-order chi connectivity index (χ1) is 10.4. The van der Waals surface area contributed by atoms with Crippen molar-refractivity contribution in [3.8, 4) is 0 Å². The average Bonchev–Trinajstić information content (AvgIpc) is 2.82. The molecule has 0 spiro atoms. The van der Waals surface area contributed by atoms with Crippen LogP contribution in [-0.2, 0) is 17.5 Å². The van der Waals surface area contributed by atoms with Gasteiger partial charge in [-0.3, -0.25) is 0 Å². The number of aryl methyl sites for hydroxylation is 1. The second kappa shape index (κ2) is 6.05. The topological polar surface area (TPSA) is 21.3 Å². The van der Waals surface area contributed by atoms with Crippen molar-refractivity contribution in [2.75, 3.05) is 13.2 Å². The number of hydrogen-bond acceptors (Lipinski definition) is 2. The first-order valence-corrected chi connectivity index (χ1v) is 7.61. The fourth-order valence-corrected chi connectivity index (χ4v) is 3.43. The molecular formula is C17H20F3NO. The molecule has 0 aromatic heterocycles. The normalized spacial score (nSPS) is 27.4. The molecule has 1 heterocycles. The van der Waals surface area contributed by atoms with Crippen molar-refractivity contribution in [1.82, 2.24) is 5.32 Å². The molecule has 5 heteroatoms. The van der Waals surface area contributed by atoms with Crippen molar-refractivity contribution >= 4 is 0 Å². The molecule has 3 atom stereocenters. The molecule has 3 rings (SSSR count). The summed E-state index contributed by atoms with van der Waals surface area (Å²) in [5.74, 6) is 0.833. The van der Waals surface area contributed by atoms with Gasteiger partial charge < -0.3 is 10.1 Å². The van der Waals surface area contributed by atoms with Gasteiger partial charge in [0, 0.05) is 13.1 Å². The smallest absolute Gasteiger partial charge is 0.374 e. The van der Waals surface area contributed by atoms with E-state index in [0.29, 0.717) is 23.9 Å². The number of ether oxygens (including phenoxy) is 1. The first-order valence-electron chi connectivity index (χ1n) is 7.61. The van der Waals surface area contributed by atoms with Crippen molar-refractivity contribution in [3.05, 3.63) is 47.0 Å². The summed E-state index contributed by atoms with van der Waals surface area (Å²) in [5, 5.41) is 3.19. The fraction of sp³-hybridized carbons (Fsp3) is 0.529. The molecule has 1 aromatic rings. The summed E-state index contributed by atoms with van der Waals surface area (Å²) in [6.45, 7) is 3.18. The quantitative estimate of drug-likeness (QED) is 0.856. The lowest BCUT2D eigenvalue weighted by molar-refractivity contribution is -0.138.